The van der Waals surface area contributed by atoms with Gasteiger partial charge in [-0.2, -0.15) is 0 Å². The monoisotopic (exact) mass is 255 g/mol. The Morgan fingerprint density at radius 3 is 3.11 bits per heavy atom. The van der Waals surface area contributed by atoms with Crippen molar-refractivity contribution in [1.82, 2.24) is 24.9 Å². The van der Waals surface area contributed by atoms with Crippen molar-refractivity contribution >= 4 is 11.6 Å². The van der Waals surface area contributed by atoms with Crippen molar-refractivity contribution in [2.45, 2.75) is 18.9 Å². The molecule has 6 nitrogen and oxygen atoms in total. The highest BCUT2D eigenvalue weighted by Gasteiger charge is 2.36. The molecule has 0 spiro atoms. The van der Waals surface area contributed by atoms with E-state index in [-0.39, 0.29) is 11.9 Å². The number of carbonyl (C=O) groups excluding carboxylic acids is 1. The molecule has 1 fully saturated rings. The van der Waals surface area contributed by atoms with Crippen molar-refractivity contribution in [3.05, 3.63) is 36.6 Å². The van der Waals surface area contributed by atoms with Gasteiger partial charge >= 0.3 is 0 Å². The highest BCUT2D eigenvalue weighted by Crippen LogP contribution is 2.38. The molecule has 3 atom stereocenters. The second kappa shape index (κ2) is 3.88. The van der Waals surface area contributed by atoms with Gasteiger partial charge in [-0.05, 0) is 24.7 Å². The minimum atomic E-state index is -0.124. The number of hydrogen-bond acceptors (Lipinski definition) is 4. The van der Waals surface area contributed by atoms with Gasteiger partial charge in [0.2, 0.25) is 0 Å². The topological polar surface area (TPSA) is 72.2 Å². The molecule has 1 saturated carbocycles. The third kappa shape index (κ3) is 1.71. The Hall–Kier alpha value is -2.24. The summed E-state index contributed by atoms with van der Waals surface area (Å²) in [6.07, 6.45) is 11.5. The van der Waals surface area contributed by atoms with Crippen LogP contribution in [0.25, 0.3) is 5.65 Å². The average Bonchev–Trinajstić information content (AvgIpc) is 3.13. The summed E-state index contributed by atoms with van der Waals surface area (Å²) in [6.45, 7) is 0. The number of aromatic nitrogens is 4. The zero-order valence-corrected chi connectivity index (χ0v) is 10.2. The third-order valence-electron chi connectivity index (χ3n) is 4.01. The maximum atomic E-state index is 12.2. The predicted octanol–water partition coefficient (Wildman–Crippen LogP) is 0.819. The Labute approximate surface area is 109 Å². The zero-order chi connectivity index (χ0) is 12.8. The molecule has 1 N–H and O–H groups in total. The van der Waals surface area contributed by atoms with Crippen LogP contribution in [0.15, 0.2) is 30.9 Å². The Morgan fingerprint density at radius 2 is 2.32 bits per heavy atom. The summed E-state index contributed by atoms with van der Waals surface area (Å²) in [7, 11) is 0. The Morgan fingerprint density at radius 1 is 1.37 bits per heavy atom. The molecule has 0 aromatic carbocycles. The smallest absolute Gasteiger partial charge is 0.271 e. The van der Waals surface area contributed by atoms with Crippen LogP contribution in [-0.4, -0.2) is 31.5 Å². The molecular formula is C13H13N5O. The van der Waals surface area contributed by atoms with Crippen LogP contribution in [0.1, 0.15) is 23.3 Å². The van der Waals surface area contributed by atoms with E-state index >= 15 is 0 Å². The minimum absolute atomic E-state index is 0.124. The Bertz CT molecular complexity index is 676. The van der Waals surface area contributed by atoms with Crippen molar-refractivity contribution in [3.63, 3.8) is 0 Å². The summed E-state index contributed by atoms with van der Waals surface area (Å²) < 4.78 is 1.70. The molecule has 4 rings (SSSR count). The number of fused-ring (bicyclic) bond motifs is 3. The molecule has 3 unspecified atom stereocenters. The summed E-state index contributed by atoms with van der Waals surface area (Å²) in [5, 5.41) is 10.7. The SMILES string of the molecule is O=C(NC1CC2C=CC1C2)c1cn2cnnc2cn1. The van der Waals surface area contributed by atoms with Gasteiger partial charge in [-0.25, -0.2) is 4.98 Å². The zero-order valence-electron chi connectivity index (χ0n) is 10.2. The maximum absolute atomic E-state index is 12.2. The van der Waals surface area contributed by atoms with Crippen molar-refractivity contribution in [3.8, 4) is 0 Å². The first-order valence-corrected chi connectivity index (χ1v) is 6.44. The van der Waals surface area contributed by atoms with Gasteiger partial charge in [0.25, 0.3) is 5.91 Å². The fourth-order valence-electron chi connectivity index (χ4n) is 3.04. The van der Waals surface area contributed by atoms with E-state index < -0.39 is 0 Å². The fraction of sp³-hybridized carbons (Fsp3) is 0.385. The first-order valence-electron chi connectivity index (χ1n) is 6.44. The minimum Gasteiger partial charge on any atom is -0.347 e. The predicted molar refractivity (Wildman–Crippen MR) is 67.4 cm³/mol. The van der Waals surface area contributed by atoms with Gasteiger partial charge in [0, 0.05) is 12.2 Å². The molecule has 96 valence electrons. The van der Waals surface area contributed by atoms with Crippen molar-refractivity contribution in [2.75, 3.05) is 0 Å². The Kier molecular flexibility index (Phi) is 2.18. The van der Waals surface area contributed by atoms with Crippen LogP contribution in [-0.2, 0) is 0 Å². The van der Waals surface area contributed by atoms with Gasteiger partial charge < -0.3 is 5.32 Å². The number of rotatable bonds is 2. The molecule has 2 aromatic rings. The highest BCUT2D eigenvalue weighted by atomic mass is 16.2. The number of nitrogens with one attached hydrogen (secondary N) is 1. The number of carbonyl (C=O) groups is 1. The number of hydrogen-bond donors (Lipinski definition) is 1. The lowest BCUT2D eigenvalue weighted by Gasteiger charge is -2.19. The first kappa shape index (κ1) is 10.7. The Balaban J connectivity index is 1.55. The maximum Gasteiger partial charge on any atom is 0.271 e. The van der Waals surface area contributed by atoms with Gasteiger partial charge in [0.1, 0.15) is 12.0 Å². The van der Waals surface area contributed by atoms with Crippen LogP contribution in [0.4, 0.5) is 0 Å². The molecule has 2 aromatic heterocycles. The van der Waals surface area contributed by atoms with Crippen LogP contribution in [0, 0.1) is 11.8 Å². The fourth-order valence-corrected chi connectivity index (χ4v) is 3.04. The van der Waals surface area contributed by atoms with E-state index in [1.807, 2.05) is 0 Å². The largest absolute Gasteiger partial charge is 0.347 e. The van der Waals surface area contributed by atoms with Gasteiger partial charge in [0.15, 0.2) is 5.65 Å². The molecule has 0 aliphatic heterocycles. The van der Waals surface area contributed by atoms with Crippen molar-refractivity contribution in [2.24, 2.45) is 11.8 Å². The normalized spacial score (nSPS) is 28.1. The summed E-state index contributed by atoms with van der Waals surface area (Å²) in [6, 6.07) is 0.251. The first-order chi connectivity index (χ1) is 9.29. The summed E-state index contributed by atoms with van der Waals surface area (Å²) in [4.78, 5) is 16.3. The molecule has 2 heterocycles. The molecular weight excluding hydrogens is 242 g/mol. The number of amides is 1. The van der Waals surface area contributed by atoms with E-state index in [9.17, 15) is 4.79 Å². The third-order valence-corrected chi connectivity index (χ3v) is 4.01. The van der Waals surface area contributed by atoms with Gasteiger partial charge in [-0.3, -0.25) is 9.20 Å². The van der Waals surface area contributed by atoms with Gasteiger partial charge in [0.05, 0.1) is 6.20 Å². The quantitative estimate of drug-likeness (QED) is 0.806. The van der Waals surface area contributed by atoms with E-state index in [0.717, 1.165) is 6.42 Å². The number of nitrogens with zero attached hydrogens (tertiary/aromatic N) is 4. The molecule has 2 bridgehead atoms. The number of allylic oxidation sites excluding steroid dienone is 1. The lowest BCUT2D eigenvalue weighted by molar-refractivity contribution is 0.0925. The summed E-state index contributed by atoms with van der Waals surface area (Å²) in [5.41, 5.74) is 1.04. The molecule has 19 heavy (non-hydrogen) atoms. The van der Waals surface area contributed by atoms with Gasteiger partial charge in [-0.1, -0.05) is 12.2 Å². The van der Waals surface area contributed by atoms with Crippen molar-refractivity contribution < 1.29 is 4.79 Å². The molecule has 0 saturated heterocycles. The molecule has 2 aliphatic carbocycles. The highest BCUT2D eigenvalue weighted by molar-refractivity contribution is 5.92. The van der Waals surface area contributed by atoms with E-state index in [0.29, 0.717) is 23.2 Å². The van der Waals surface area contributed by atoms with Crippen LogP contribution >= 0.6 is 0 Å². The lowest BCUT2D eigenvalue weighted by Crippen LogP contribution is -2.38. The van der Waals surface area contributed by atoms with E-state index in [4.69, 9.17) is 0 Å². The van der Waals surface area contributed by atoms with Crippen molar-refractivity contribution in [1.29, 1.82) is 0 Å². The van der Waals surface area contributed by atoms with E-state index in [1.165, 1.54) is 6.42 Å². The van der Waals surface area contributed by atoms with Gasteiger partial charge in [-0.15, -0.1) is 10.2 Å². The molecule has 2 aliphatic rings. The molecule has 1 amide bonds. The van der Waals surface area contributed by atoms with E-state index in [1.54, 1.807) is 23.1 Å². The molecule has 6 heteroatoms. The summed E-state index contributed by atoms with van der Waals surface area (Å²) in [5.74, 6) is 1.01. The summed E-state index contributed by atoms with van der Waals surface area (Å²) >= 11 is 0. The van der Waals surface area contributed by atoms with Crippen LogP contribution in [0.3, 0.4) is 0 Å². The molecule has 0 radical (unpaired) electrons. The second-order valence-corrected chi connectivity index (χ2v) is 5.23. The lowest BCUT2D eigenvalue weighted by atomic mass is 10.0. The second-order valence-electron chi connectivity index (χ2n) is 5.23. The average molecular weight is 255 g/mol. The van der Waals surface area contributed by atoms with Crippen LogP contribution in [0.2, 0.25) is 0 Å². The van der Waals surface area contributed by atoms with Crippen LogP contribution in [0.5, 0.6) is 0 Å². The van der Waals surface area contributed by atoms with Crippen LogP contribution < -0.4 is 5.32 Å². The van der Waals surface area contributed by atoms with E-state index in [2.05, 4.69) is 32.7 Å². The standard InChI is InChI=1S/C13H13N5O/c19-13(16-10-4-8-1-2-9(10)3-8)11-6-18-7-15-17-12(18)5-14-11/h1-2,5-10H,3-4H2,(H,16,19).